The van der Waals surface area contributed by atoms with Gasteiger partial charge in [-0.05, 0) is 52.1 Å². The summed E-state index contributed by atoms with van der Waals surface area (Å²) in [5, 5.41) is 19.6. The smallest absolute Gasteiger partial charge is 0.338 e. The Morgan fingerprint density at radius 2 is 1.55 bits per heavy atom. The third-order valence-corrected chi connectivity index (χ3v) is 11.0. The Labute approximate surface area is 290 Å². The lowest BCUT2D eigenvalue weighted by Crippen LogP contribution is -2.38. The number of pyridine rings is 1. The molecule has 0 saturated carbocycles. The average molecular weight is 697 g/mol. The fraction of sp³-hybridized carbons (Fsp3) is 0.211. The Hall–Kier alpha value is -4.36. The maximum Gasteiger partial charge on any atom is 0.338 e. The van der Waals surface area contributed by atoms with Crippen LogP contribution < -0.4 is 4.72 Å². The third-order valence-electron chi connectivity index (χ3n) is 8.53. The minimum absolute atomic E-state index is 0.0588. The summed E-state index contributed by atoms with van der Waals surface area (Å²) < 4.78 is 41.6. The largest absolute Gasteiger partial charge is 0.478 e. The topological polar surface area (TPSA) is 135 Å². The molecule has 1 saturated heterocycles. The molecular weight excluding hydrogens is 661 g/mol. The van der Waals surface area contributed by atoms with E-state index in [-0.39, 0.29) is 41.7 Å². The number of aromatic nitrogens is 1. The van der Waals surface area contributed by atoms with Crippen molar-refractivity contribution in [2.24, 2.45) is 5.92 Å². The number of thioether (sulfide) groups is 1. The molecule has 2 heterocycles. The Morgan fingerprint density at radius 3 is 2.27 bits per heavy atom. The van der Waals surface area contributed by atoms with Gasteiger partial charge in [-0.25, -0.2) is 22.9 Å². The molecule has 11 heteroatoms. The van der Waals surface area contributed by atoms with E-state index in [2.05, 4.69) is 16.6 Å². The summed E-state index contributed by atoms with van der Waals surface area (Å²) in [4.78, 5) is 16.3. The SMILES string of the molecule is CC1C(CSc2ncccc2C(=O)O)OC(c2ccc(-c3ccccc3CNS(=O)(=O)c3ccccc3)cc2)OC1c1ccc(CO)cc1. The first kappa shape index (κ1) is 34.5. The minimum Gasteiger partial charge on any atom is -0.478 e. The maximum atomic E-state index is 12.9. The van der Waals surface area contributed by atoms with Crippen LogP contribution in [0.1, 0.15) is 51.9 Å². The first-order chi connectivity index (χ1) is 23.7. The lowest BCUT2D eigenvalue weighted by atomic mass is 9.91. The van der Waals surface area contributed by atoms with Gasteiger partial charge in [0.05, 0.1) is 29.3 Å². The summed E-state index contributed by atoms with van der Waals surface area (Å²) in [5.74, 6) is -0.675. The number of carboxylic acid groups (broad SMARTS) is 1. The highest BCUT2D eigenvalue weighted by Gasteiger charge is 2.38. The monoisotopic (exact) mass is 696 g/mol. The Bertz CT molecular complexity index is 1990. The number of benzene rings is 4. The molecule has 4 unspecified atom stereocenters. The standard InChI is InChI=1S/C38H36N2O7S2/c1-25-34(24-48-36-33(37(42)43)12-7-21-39-36)46-38(47-35(25)28-15-13-26(23-41)14-16-28)29-19-17-27(18-20-29)32-11-6-5-8-30(32)22-40-49(44,45)31-9-3-2-4-10-31/h2-21,25,34-35,38,40-41H,22-24H2,1H3,(H,42,43). The molecule has 9 nitrogen and oxygen atoms in total. The molecule has 1 aromatic heterocycles. The van der Waals surface area contributed by atoms with E-state index in [0.717, 1.165) is 33.4 Å². The van der Waals surface area contributed by atoms with Gasteiger partial charge in [0, 0.05) is 30.0 Å². The zero-order valence-corrected chi connectivity index (χ0v) is 28.3. The number of hydrogen-bond donors (Lipinski definition) is 3. The van der Waals surface area contributed by atoms with Crippen molar-refractivity contribution in [3.63, 3.8) is 0 Å². The molecule has 5 aromatic rings. The van der Waals surface area contributed by atoms with Gasteiger partial charge in [-0.2, -0.15) is 0 Å². The van der Waals surface area contributed by atoms with E-state index in [0.29, 0.717) is 10.8 Å². The second kappa shape index (κ2) is 15.5. The number of ether oxygens (including phenoxy) is 2. The Balaban J connectivity index is 1.23. The van der Waals surface area contributed by atoms with Gasteiger partial charge >= 0.3 is 5.97 Å². The van der Waals surface area contributed by atoms with Crippen molar-refractivity contribution in [3.05, 3.63) is 149 Å². The van der Waals surface area contributed by atoms with Crippen LogP contribution in [0.15, 0.2) is 131 Å². The highest BCUT2D eigenvalue weighted by Crippen LogP contribution is 2.43. The quantitative estimate of drug-likeness (QED) is 0.118. The van der Waals surface area contributed by atoms with Crippen LogP contribution in [-0.2, 0) is 32.6 Å². The number of nitrogens with one attached hydrogen (secondary N) is 1. The van der Waals surface area contributed by atoms with Crippen LogP contribution in [0.2, 0.25) is 0 Å². The molecule has 49 heavy (non-hydrogen) atoms. The molecule has 0 amide bonds. The van der Waals surface area contributed by atoms with Crippen molar-refractivity contribution < 1.29 is 32.9 Å². The van der Waals surface area contributed by atoms with E-state index < -0.39 is 22.3 Å². The Kier molecular flexibility index (Phi) is 10.9. The number of rotatable bonds is 12. The number of carbonyl (C=O) groups is 1. The van der Waals surface area contributed by atoms with E-state index in [1.807, 2.05) is 72.8 Å². The normalized spacial score (nSPS) is 19.4. The summed E-state index contributed by atoms with van der Waals surface area (Å²) in [5.41, 5.74) is 5.31. The fourth-order valence-corrected chi connectivity index (χ4v) is 7.95. The first-order valence-corrected chi connectivity index (χ1v) is 18.2. The number of hydrogen-bond acceptors (Lipinski definition) is 8. The van der Waals surface area contributed by atoms with Crippen molar-refractivity contribution in [1.82, 2.24) is 9.71 Å². The molecule has 4 aromatic carbocycles. The zero-order chi connectivity index (χ0) is 34.4. The molecule has 6 rings (SSSR count). The molecule has 0 aliphatic carbocycles. The zero-order valence-electron chi connectivity index (χ0n) is 26.7. The molecule has 1 fully saturated rings. The summed E-state index contributed by atoms with van der Waals surface area (Å²) in [7, 11) is -3.68. The summed E-state index contributed by atoms with van der Waals surface area (Å²) >= 11 is 1.34. The number of nitrogens with zero attached hydrogens (tertiary/aromatic N) is 1. The van der Waals surface area contributed by atoms with Gasteiger partial charge in [0.2, 0.25) is 10.0 Å². The molecule has 0 bridgehead atoms. The van der Waals surface area contributed by atoms with Crippen molar-refractivity contribution >= 4 is 27.8 Å². The minimum atomic E-state index is -3.68. The van der Waals surface area contributed by atoms with Gasteiger partial charge in [-0.15, -0.1) is 11.8 Å². The number of carboxylic acids is 1. The third kappa shape index (κ3) is 8.10. The number of sulfonamides is 1. The second-order valence-electron chi connectivity index (χ2n) is 11.7. The van der Waals surface area contributed by atoms with Crippen molar-refractivity contribution in [2.45, 2.75) is 48.5 Å². The number of aromatic carboxylic acids is 1. The van der Waals surface area contributed by atoms with Gasteiger partial charge in [0.25, 0.3) is 0 Å². The highest BCUT2D eigenvalue weighted by atomic mass is 32.2. The van der Waals surface area contributed by atoms with Crippen molar-refractivity contribution in [3.8, 4) is 11.1 Å². The molecule has 3 N–H and O–H groups in total. The highest BCUT2D eigenvalue weighted by molar-refractivity contribution is 7.99. The average Bonchev–Trinajstić information content (AvgIpc) is 3.14. The van der Waals surface area contributed by atoms with Gasteiger partial charge in [-0.1, -0.05) is 97.9 Å². The molecule has 0 spiro atoms. The Morgan fingerprint density at radius 1 is 0.857 bits per heavy atom. The molecule has 252 valence electrons. The van der Waals surface area contributed by atoms with E-state index in [9.17, 15) is 23.4 Å². The van der Waals surface area contributed by atoms with Crippen LogP contribution in [0.5, 0.6) is 0 Å². The van der Waals surface area contributed by atoms with Gasteiger partial charge in [0.1, 0.15) is 5.03 Å². The second-order valence-corrected chi connectivity index (χ2v) is 14.5. The van der Waals surface area contributed by atoms with E-state index >= 15 is 0 Å². The first-order valence-electron chi connectivity index (χ1n) is 15.8. The lowest BCUT2D eigenvalue weighted by molar-refractivity contribution is -0.268. The maximum absolute atomic E-state index is 12.9. The van der Waals surface area contributed by atoms with Crippen LogP contribution in [0, 0.1) is 5.92 Å². The molecule has 4 atom stereocenters. The van der Waals surface area contributed by atoms with Crippen LogP contribution >= 0.6 is 11.8 Å². The van der Waals surface area contributed by atoms with Gasteiger partial charge in [-0.3, -0.25) is 0 Å². The summed E-state index contributed by atoms with van der Waals surface area (Å²) in [6.45, 7) is 2.11. The summed E-state index contributed by atoms with van der Waals surface area (Å²) in [6, 6.07) is 34.5. The van der Waals surface area contributed by atoms with Gasteiger partial charge < -0.3 is 19.7 Å². The summed E-state index contributed by atoms with van der Waals surface area (Å²) in [6.07, 6.45) is 0.217. The molecular formula is C38H36N2O7S2. The number of aliphatic hydroxyl groups excluding tert-OH is 1. The number of aliphatic hydroxyl groups is 1. The molecule has 0 radical (unpaired) electrons. The van der Waals surface area contributed by atoms with E-state index in [1.165, 1.54) is 17.8 Å². The molecule has 1 aliphatic rings. The van der Waals surface area contributed by atoms with Crippen LogP contribution in [-0.4, -0.2) is 41.4 Å². The fourth-order valence-electron chi connectivity index (χ4n) is 5.77. The van der Waals surface area contributed by atoms with Crippen LogP contribution in [0.25, 0.3) is 11.1 Å². The lowest BCUT2D eigenvalue weighted by Gasteiger charge is -2.41. The van der Waals surface area contributed by atoms with E-state index in [1.54, 1.807) is 42.6 Å². The predicted molar refractivity (Wildman–Crippen MR) is 187 cm³/mol. The van der Waals surface area contributed by atoms with Crippen molar-refractivity contribution in [1.29, 1.82) is 0 Å². The molecule has 1 aliphatic heterocycles. The predicted octanol–water partition coefficient (Wildman–Crippen LogP) is 7.00. The van der Waals surface area contributed by atoms with Crippen LogP contribution in [0.3, 0.4) is 0 Å². The van der Waals surface area contributed by atoms with Gasteiger partial charge in [0.15, 0.2) is 6.29 Å². The van der Waals surface area contributed by atoms with Crippen LogP contribution in [0.4, 0.5) is 0 Å². The van der Waals surface area contributed by atoms with E-state index in [4.69, 9.17) is 9.47 Å². The van der Waals surface area contributed by atoms with Crippen molar-refractivity contribution in [2.75, 3.05) is 5.75 Å².